The molecule has 20 heavy (non-hydrogen) atoms. The standard InChI is InChI=1S/C16H20N2O2/c1-11-5-6-13-14(12(11)2)17-10-18(15(13)19)9-16(3)7-4-8-20-16/h5-6,10H,4,7-9H2,1-3H3. The first-order valence-electron chi connectivity index (χ1n) is 7.09. The Kier molecular flexibility index (Phi) is 3.13. The van der Waals surface area contributed by atoms with Crippen LogP contribution in [0.1, 0.15) is 30.9 Å². The second-order valence-electron chi connectivity index (χ2n) is 5.98. The lowest BCUT2D eigenvalue weighted by Crippen LogP contribution is -2.35. The summed E-state index contributed by atoms with van der Waals surface area (Å²) < 4.78 is 7.45. The number of rotatable bonds is 2. The molecule has 2 aromatic rings. The summed E-state index contributed by atoms with van der Waals surface area (Å²) in [6, 6.07) is 3.86. The van der Waals surface area contributed by atoms with Crippen molar-refractivity contribution in [3.8, 4) is 0 Å². The molecule has 3 rings (SSSR count). The molecular formula is C16H20N2O2. The number of fused-ring (bicyclic) bond motifs is 1. The molecule has 0 spiro atoms. The van der Waals surface area contributed by atoms with Crippen LogP contribution in [-0.2, 0) is 11.3 Å². The summed E-state index contributed by atoms with van der Waals surface area (Å²) in [4.78, 5) is 17.1. The summed E-state index contributed by atoms with van der Waals surface area (Å²) in [6.07, 6.45) is 3.71. The fourth-order valence-electron chi connectivity index (χ4n) is 2.91. The van der Waals surface area contributed by atoms with Gasteiger partial charge in [-0.05, 0) is 50.8 Å². The van der Waals surface area contributed by atoms with Crippen LogP contribution in [0, 0.1) is 13.8 Å². The van der Waals surface area contributed by atoms with Crippen LogP contribution in [-0.4, -0.2) is 21.8 Å². The van der Waals surface area contributed by atoms with Gasteiger partial charge in [0.2, 0.25) is 0 Å². The fourth-order valence-corrected chi connectivity index (χ4v) is 2.91. The Balaban J connectivity index is 2.08. The van der Waals surface area contributed by atoms with Crippen LogP contribution in [0.3, 0.4) is 0 Å². The van der Waals surface area contributed by atoms with Crippen molar-refractivity contribution in [2.24, 2.45) is 0 Å². The molecule has 4 heteroatoms. The van der Waals surface area contributed by atoms with Crippen LogP contribution in [0.4, 0.5) is 0 Å². The number of nitrogens with zero attached hydrogens (tertiary/aromatic N) is 2. The normalized spacial score (nSPS) is 22.6. The van der Waals surface area contributed by atoms with Crippen LogP contribution in [0.15, 0.2) is 23.3 Å². The van der Waals surface area contributed by atoms with Gasteiger partial charge in [0.05, 0.1) is 29.4 Å². The third-order valence-electron chi connectivity index (χ3n) is 4.32. The second kappa shape index (κ2) is 4.70. The van der Waals surface area contributed by atoms with Gasteiger partial charge in [0.25, 0.3) is 5.56 Å². The van der Waals surface area contributed by atoms with Crippen molar-refractivity contribution in [3.05, 3.63) is 39.9 Å². The SMILES string of the molecule is Cc1ccc2c(=O)n(CC3(C)CCCO3)cnc2c1C. The third-order valence-corrected chi connectivity index (χ3v) is 4.32. The van der Waals surface area contributed by atoms with Crippen molar-refractivity contribution in [3.63, 3.8) is 0 Å². The molecule has 0 radical (unpaired) electrons. The third kappa shape index (κ3) is 2.14. The fraction of sp³-hybridized carbons (Fsp3) is 0.500. The Labute approximate surface area is 118 Å². The topological polar surface area (TPSA) is 44.1 Å². The molecule has 1 aliphatic rings. The van der Waals surface area contributed by atoms with E-state index in [4.69, 9.17) is 4.74 Å². The van der Waals surface area contributed by atoms with Crippen molar-refractivity contribution in [2.45, 2.75) is 45.8 Å². The van der Waals surface area contributed by atoms with Crippen molar-refractivity contribution >= 4 is 10.9 Å². The molecule has 1 aliphatic heterocycles. The molecule has 1 saturated heterocycles. The van der Waals surface area contributed by atoms with Gasteiger partial charge in [-0.2, -0.15) is 0 Å². The molecule has 0 saturated carbocycles. The molecule has 0 aliphatic carbocycles. The highest BCUT2D eigenvalue weighted by Gasteiger charge is 2.30. The first kappa shape index (κ1) is 13.3. The summed E-state index contributed by atoms with van der Waals surface area (Å²) in [5.41, 5.74) is 2.83. The molecule has 106 valence electrons. The number of hydrogen-bond acceptors (Lipinski definition) is 3. The van der Waals surface area contributed by atoms with Crippen LogP contribution in [0.5, 0.6) is 0 Å². The highest BCUT2D eigenvalue weighted by molar-refractivity contribution is 5.81. The summed E-state index contributed by atoms with van der Waals surface area (Å²) in [7, 11) is 0. The number of aromatic nitrogens is 2. The van der Waals surface area contributed by atoms with Crippen molar-refractivity contribution < 1.29 is 4.74 Å². The van der Waals surface area contributed by atoms with E-state index in [2.05, 4.69) is 11.9 Å². The first-order valence-corrected chi connectivity index (χ1v) is 7.09. The highest BCUT2D eigenvalue weighted by Crippen LogP contribution is 2.26. The number of benzene rings is 1. The quantitative estimate of drug-likeness (QED) is 0.844. The van der Waals surface area contributed by atoms with E-state index in [0.717, 1.165) is 36.1 Å². The highest BCUT2D eigenvalue weighted by atomic mass is 16.5. The Morgan fingerprint density at radius 2 is 2.20 bits per heavy atom. The molecule has 1 unspecified atom stereocenters. The average Bonchev–Trinajstić information content (AvgIpc) is 2.84. The predicted molar refractivity (Wildman–Crippen MR) is 79.1 cm³/mol. The van der Waals surface area contributed by atoms with Gasteiger partial charge in [-0.1, -0.05) is 6.07 Å². The second-order valence-corrected chi connectivity index (χ2v) is 5.98. The summed E-state index contributed by atoms with van der Waals surface area (Å²) >= 11 is 0. The maximum absolute atomic E-state index is 12.6. The summed E-state index contributed by atoms with van der Waals surface area (Å²) in [6.45, 7) is 7.47. The van der Waals surface area contributed by atoms with Gasteiger partial charge in [-0.25, -0.2) is 4.98 Å². The van der Waals surface area contributed by atoms with Crippen molar-refractivity contribution in [1.29, 1.82) is 0 Å². The molecule has 1 atom stereocenters. The van der Waals surface area contributed by atoms with Gasteiger partial charge in [0, 0.05) is 6.61 Å². The molecule has 0 bridgehead atoms. The first-order chi connectivity index (χ1) is 9.50. The average molecular weight is 272 g/mol. The Morgan fingerprint density at radius 3 is 2.90 bits per heavy atom. The Bertz CT molecular complexity index is 712. The number of aryl methyl sites for hydroxylation is 2. The monoisotopic (exact) mass is 272 g/mol. The smallest absolute Gasteiger partial charge is 0.261 e. The molecule has 1 fully saturated rings. The minimum absolute atomic E-state index is 0.0230. The van der Waals surface area contributed by atoms with E-state index in [1.165, 1.54) is 0 Å². The molecule has 0 amide bonds. The predicted octanol–water partition coefficient (Wildman–Crippen LogP) is 2.58. The van der Waals surface area contributed by atoms with Gasteiger partial charge in [-0.15, -0.1) is 0 Å². The minimum Gasteiger partial charge on any atom is -0.373 e. The molecule has 4 nitrogen and oxygen atoms in total. The van der Waals surface area contributed by atoms with Crippen LogP contribution in [0.25, 0.3) is 10.9 Å². The lowest BCUT2D eigenvalue weighted by atomic mass is 10.0. The molecule has 0 N–H and O–H groups in total. The largest absolute Gasteiger partial charge is 0.373 e. The molecule has 1 aromatic carbocycles. The summed E-state index contributed by atoms with van der Waals surface area (Å²) in [5, 5.41) is 0.692. The molecule has 1 aromatic heterocycles. The van der Waals surface area contributed by atoms with E-state index in [1.54, 1.807) is 10.9 Å². The van der Waals surface area contributed by atoms with E-state index < -0.39 is 0 Å². The Hall–Kier alpha value is -1.68. The van der Waals surface area contributed by atoms with Gasteiger partial charge in [0.15, 0.2) is 0 Å². The maximum Gasteiger partial charge on any atom is 0.261 e. The lowest BCUT2D eigenvalue weighted by Gasteiger charge is -2.24. The van der Waals surface area contributed by atoms with E-state index >= 15 is 0 Å². The van der Waals surface area contributed by atoms with Crippen LogP contribution < -0.4 is 5.56 Å². The summed E-state index contributed by atoms with van der Waals surface area (Å²) in [5.74, 6) is 0. The van der Waals surface area contributed by atoms with E-state index in [9.17, 15) is 4.79 Å². The lowest BCUT2D eigenvalue weighted by molar-refractivity contribution is 0.00538. The van der Waals surface area contributed by atoms with Crippen molar-refractivity contribution in [2.75, 3.05) is 6.61 Å². The van der Waals surface area contributed by atoms with E-state index in [1.807, 2.05) is 26.0 Å². The number of ether oxygens (including phenoxy) is 1. The zero-order chi connectivity index (χ0) is 14.3. The minimum atomic E-state index is -0.237. The van der Waals surface area contributed by atoms with E-state index in [-0.39, 0.29) is 11.2 Å². The van der Waals surface area contributed by atoms with Gasteiger partial charge in [0.1, 0.15) is 0 Å². The zero-order valence-electron chi connectivity index (χ0n) is 12.3. The molecule has 2 heterocycles. The zero-order valence-corrected chi connectivity index (χ0v) is 12.3. The van der Waals surface area contributed by atoms with Crippen LogP contribution >= 0.6 is 0 Å². The van der Waals surface area contributed by atoms with Gasteiger partial charge < -0.3 is 4.74 Å². The van der Waals surface area contributed by atoms with E-state index in [0.29, 0.717) is 11.9 Å². The maximum atomic E-state index is 12.6. The number of hydrogen-bond donors (Lipinski definition) is 0. The van der Waals surface area contributed by atoms with Gasteiger partial charge >= 0.3 is 0 Å². The van der Waals surface area contributed by atoms with Gasteiger partial charge in [-0.3, -0.25) is 9.36 Å². The molecular weight excluding hydrogens is 252 g/mol. The van der Waals surface area contributed by atoms with Crippen molar-refractivity contribution in [1.82, 2.24) is 9.55 Å². The van der Waals surface area contributed by atoms with Crippen LogP contribution in [0.2, 0.25) is 0 Å². The Morgan fingerprint density at radius 1 is 1.40 bits per heavy atom.